The number of halogens is 2. The summed E-state index contributed by atoms with van der Waals surface area (Å²) in [6.45, 7) is 0. The van der Waals surface area contributed by atoms with E-state index in [1.165, 1.54) is 7.11 Å². The Balaban J connectivity index is 2.17. The molecule has 0 amide bonds. The molecule has 0 aliphatic heterocycles. The molecule has 0 saturated carbocycles. The number of carbonyl (C=O) groups is 1. The summed E-state index contributed by atoms with van der Waals surface area (Å²) in [5, 5.41) is 0. The fourth-order valence-corrected chi connectivity index (χ4v) is 1.25. The van der Waals surface area contributed by atoms with Crippen molar-refractivity contribution in [2.45, 2.75) is 0 Å². The van der Waals surface area contributed by atoms with Crippen LogP contribution in [-0.2, 0) is 4.74 Å². The molecule has 2 rings (SSSR count). The number of aromatic nitrogens is 2. The van der Waals surface area contributed by atoms with Crippen molar-refractivity contribution in [3.63, 3.8) is 0 Å². The summed E-state index contributed by atoms with van der Waals surface area (Å²) in [6.07, 6.45) is 2.26. The summed E-state index contributed by atoms with van der Waals surface area (Å²) in [6, 6.07) is 2.86. The van der Waals surface area contributed by atoms with E-state index < -0.39 is 17.6 Å². The molecule has 0 aliphatic rings. The highest BCUT2D eigenvalue weighted by Gasteiger charge is 2.10. The van der Waals surface area contributed by atoms with Crippen molar-refractivity contribution >= 4 is 5.97 Å². The standard InChI is InChI=1S/C12H8F2N2O3/c1-18-12(17)9-5-16-11(6-15-9)19-10-3-2-7(13)4-8(10)14/h2-6H,1H3. The van der Waals surface area contributed by atoms with Crippen molar-refractivity contribution in [3.05, 3.63) is 47.9 Å². The van der Waals surface area contributed by atoms with Crippen LogP contribution in [-0.4, -0.2) is 23.0 Å². The molecule has 0 fully saturated rings. The quantitative estimate of drug-likeness (QED) is 0.798. The van der Waals surface area contributed by atoms with Crippen molar-refractivity contribution in [2.24, 2.45) is 0 Å². The first-order valence-corrected chi connectivity index (χ1v) is 5.13. The second-order valence-corrected chi connectivity index (χ2v) is 3.41. The van der Waals surface area contributed by atoms with Gasteiger partial charge in [-0.3, -0.25) is 0 Å². The molecule has 1 heterocycles. The predicted octanol–water partition coefficient (Wildman–Crippen LogP) is 2.33. The van der Waals surface area contributed by atoms with E-state index in [9.17, 15) is 13.6 Å². The summed E-state index contributed by atoms with van der Waals surface area (Å²) in [4.78, 5) is 18.6. The minimum atomic E-state index is -0.862. The number of rotatable bonds is 3. The van der Waals surface area contributed by atoms with Crippen LogP contribution >= 0.6 is 0 Å². The van der Waals surface area contributed by atoms with E-state index in [4.69, 9.17) is 4.74 Å². The van der Waals surface area contributed by atoms with E-state index in [1.807, 2.05) is 0 Å². The molecule has 98 valence electrons. The van der Waals surface area contributed by atoms with Crippen molar-refractivity contribution in [2.75, 3.05) is 7.11 Å². The van der Waals surface area contributed by atoms with Gasteiger partial charge in [-0.05, 0) is 12.1 Å². The molecule has 0 N–H and O–H groups in total. The van der Waals surface area contributed by atoms with Gasteiger partial charge in [0, 0.05) is 6.07 Å². The topological polar surface area (TPSA) is 61.3 Å². The Bertz CT molecular complexity index is 602. The molecular weight excluding hydrogens is 258 g/mol. The van der Waals surface area contributed by atoms with Crippen LogP contribution in [0.15, 0.2) is 30.6 Å². The second kappa shape index (κ2) is 5.38. The third-order valence-corrected chi connectivity index (χ3v) is 2.13. The third-order valence-electron chi connectivity index (χ3n) is 2.13. The first kappa shape index (κ1) is 12.9. The maximum Gasteiger partial charge on any atom is 0.358 e. The molecule has 7 heteroatoms. The van der Waals surface area contributed by atoms with Crippen LogP contribution in [0.1, 0.15) is 10.5 Å². The Labute approximate surface area is 106 Å². The molecule has 0 saturated heterocycles. The first-order valence-electron chi connectivity index (χ1n) is 5.13. The first-order chi connectivity index (χ1) is 9.10. The zero-order chi connectivity index (χ0) is 13.8. The van der Waals surface area contributed by atoms with E-state index in [2.05, 4.69) is 14.7 Å². The number of carbonyl (C=O) groups excluding carboxylic acids is 1. The Morgan fingerprint density at radius 1 is 1.21 bits per heavy atom. The molecule has 0 radical (unpaired) electrons. The van der Waals surface area contributed by atoms with Crippen molar-refractivity contribution in [1.82, 2.24) is 9.97 Å². The summed E-state index contributed by atoms with van der Waals surface area (Å²) in [5.41, 5.74) is -0.00516. The van der Waals surface area contributed by atoms with E-state index in [1.54, 1.807) is 0 Å². The van der Waals surface area contributed by atoms with Crippen molar-refractivity contribution in [1.29, 1.82) is 0 Å². The Morgan fingerprint density at radius 2 is 2.00 bits per heavy atom. The second-order valence-electron chi connectivity index (χ2n) is 3.41. The van der Waals surface area contributed by atoms with Gasteiger partial charge < -0.3 is 9.47 Å². The smallest absolute Gasteiger partial charge is 0.358 e. The lowest BCUT2D eigenvalue weighted by atomic mass is 10.3. The van der Waals surface area contributed by atoms with Crippen LogP contribution in [0.4, 0.5) is 8.78 Å². The molecule has 0 unspecified atom stereocenters. The monoisotopic (exact) mass is 266 g/mol. The molecule has 0 spiro atoms. The number of esters is 1. The minimum absolute atomic E-state index is 0.00516. The molecule has 2 aromatic rings. The molecule has 1 aromatic heterocycles. The maximum absolute atomic E-state index is 13.3. The summed E-state index contributed by atoms with van der Waals surface area (Å²) < 4.78 is 35.5. The van der Waals surface area contributed by atoms with Crippen LogP contribution in [0.3, 0.4) is 0 Å². The van der Waals surface area contributed by atoms with E-state index in [-0.39, 0.29) is 17.3 Å². The summed E-state index contributed by atoms with van der Waals surface area (Å²) >= 11 is 0. The Hall–Kier alpha value is -2.57. The predicted molar refractivity (Wildman–Crippen MR) is 59.8 cm³/mol. The van der Waals surface area contributed by atoms with Gasteiger partial charge in [-0.1, -0.05) is 0 Å². The van der Waals surface area contributed by atoms with Gasteiger partial charge in [0.05, 0.1) is 19.5 Å². The molecule has 5 nitrogen and oxygen atoms in total. The van der Waals surface area contributed by atoms with Gasteiger partial charge in [-0.25, -0.2) is 23.5 Å². The van der Waals surface area contributed by atoms with Gasteiger partial charge in [0.1, 0.15) is 5.82 Å². The number of nitrogens with zero attached hydrogens (tertiary/aromatic N) is 2. The SMILES string of the molecule is COC(=O)c1cnc(Oc2ccc(F)cc2F)cn1. The van der Waals surface area contributed by atoms with Crippen LogP contribution in [0.2, 0.25) is 0 Å². The number of hydrogen-bond donors (Lipinski definition) is 0. The lowest BCUT2D eigenvalue weighted by Gasteiger charge is -2.05. The third kappa shape index (κ3) is 3.01. The zero-order valence-corrected chi connectivity index (χ0v) is 9.76. The largest absolute Gasteiger partial charge is 0.464 e. The highest BCUT2D eigenvalue weighted by Crippen LogP contribution is 2.22. The van der Waals surface area contributed by atoms with Crippen LogP contribution < -0.4 is 4.74 Å². The maximum atomic E-state index is 13.3. The molecule has 0 bridgehead atoms. The number of hydrogen-bond acceptors (Lipinski definition) is 5. The molecule has 0 atom stereocenters. The van der Waals surface area contributed by atoms with Crippen LogP contribution in [0.5, 0.6) is 11.6 Å². The van der Waals surface area contributed by atoms with Gasteiger partial charge in [0.15, 0.2) is 17.3 Å². The Morgan fingerprint density at radius 3 is 2.58 bits per heavy atom. The highest BCUT2D eigenvalue weighted by atomic mass is 19.1. The normalized spacial score (nSPS) is 10.1. The number of ether oxygens (including phenoxy) is 2. The summed E-state index contributed by atoms with van der Waals surface area (Å²) in [5.74, 6) is -2.44. The molecule has 1 aromatic carbocycles. The highest BCUT2D eigenvalue weighted by molar-refractivity contribution is 5.86. The fraction of sp³-hybridized carbons (Fsp3) is 0.0833. The van der Waals surface area contributed by atoms with Crippen molar-refractivity contribution < 1.29 is 23.0 Å². The van der Waals surface area contributed by atoms with Crippen LogP contribution in [0.25, 0.3) is 0 Å². The lowest BCUT2D eigenvalue weighted by molar-refractivity contribution is 0.0593. The average molecular weight is 266 g/mol. The van der Waals surface area contributed by atoms with E-state index in [0.29, 0.717) is 6.07 Å². The lowest BCUT2D eigenvalue weighted by Crippen LogP contribution is -2.05. The number of benzene rings is 1. The molecule has 19 heavy (non-hydrogen) atoms. The van der Waals surface area contributed by atoms with E-state index in [0.717, 1.165) is 24.5 Å². The molecule has 0 aliphatic carbocycles. The molecular formula is C12H8F2N2O3. The Kier molecular flexibility index (Phi) is 3.65. The van der Waals surface area contributed by atoms with Crippen molar-refractivity contribution in [3.8, 4) is 11.6 Å². The minimum Gasteiger partial charge on any atom is -0.464 e. The summed E-state index contributed by atoms with van der Waals surface area (Å²) in [7, 11) is 1.21. The number of methoxy groups -OCH3 is 1. The van der Waals surface area contributed by atoms with Gasteiger partial charge >= 0.3 is 5.97 Å². The van der Waals surface area contributed by atoms with Crippen LogP contribution in [0, 0.1) is 11.6 Å². The van der Waals surface area contributed by atoms with E-state index >= 15 is 0 Å². The zero-order valence-electron chi connectivity index (χ0n) is 9.76. The van der Waals surface area contributed by atoms with Gasteiger partial charge in [-0.2, -0.15) is 0 Å². The van der Waals surface area contributed by atoms with Gasteiger partial charge in [-0.15, -0.1) is 0 Å². The van der Waals surface area contributed by atoms with Gasteiger partial charge in [0.25, 0.3) is 0 Å². The fourth-order valence-electron chi connectivity index (χ4n) is 1.25. The average Bonchev–Trinajstić information content (AvgIpc) is 2.42. The van der Waals surface area contributed by atoms with Gasteiger partial charge in [0.2, 0.25) is 5.88 Å².